The van der Waals surface area contributed by atoms with E-state index >= 15 is 0 Å². The molecule has 3 rings (SSSR count). The van der Waals surface area contributed by atoms with Gasteiger partial charge in [0.15, 0.2) is 5.96 Å². The Morgan fingerprint density at radius 3 is 2.73 bits per heavy atom. The predicted molar refractivity (Wildman–Crippen MR) is 116 cm³/mol. The van der Waals surface area contributed by atoms with E-state index in [-0.39, 0.29) is 24.0 Å². The number of nitrogens with zero attached hydrogens (tertiary/aromatic N) is 3. The highest BCUT2D eigenvalue weighted by molar-refractivity contribution is 14.0. The molecule has 0 aliphatic carbocycles. The zero-order valence-electron chi connectivity index (χ0n) is 15.9. The first-order chi connectivity index (χ1) is 12.1. The standard InChI is InChI=1S/C19H27N5O.HI/c1-13-14(2)25-18(23-13)12-22-19(20-3)21-11-15-7-8-17-16(10-15)6-5-9-24(17)4;/h7-8,10H,5-6,9,11-12H2,1-4H3,(H2,20,21,22);1H. The van der Waals surface area contributed by atoms with Crippen LogP contribution in [0.25, 0.3) is 0 Å². The fourth-order valence-corrected chi connectivity index (χ4v) is 3.13. The summed E-state index contributed by atoms with van der Waals surface area (Å²) >= 11 is 0. The number of hydrogen-bond donors (Lipinski definition) is 2. The van der Waals surface area contributed by atoms with Crippen molar-refractivity contribution in [3.05, 3.63) is 46.7 Å². The van der Waals surface area contributed by atoms with Gasteiger partial charge in [0.2, 0.25) is 5.89 Å². The van der Waals surface area contributed by atoms with E-state index in [1.54, 1.807) is 7.05 Å². The van der Waals surface area contributed by atoms with Gasteiger partial charge in [-0.05, 0) is 43.9 Å². The lowest BCUT2D eigenvalue weighted by atomic mass is 9.99. The molecular weight excluding hydrogens is 441 g/mol. The lowest BCUT2D eigenvalue weighted by Gasteiger charge is -2.28. The molecule has 1 aliphatic heterocycles. The minimum absolute atomic E-state index is 0. The Labute approximate surface area is 172 Å². The smallest absolute Gasteiger partial charge is 0.214 e. The van der Waals surface area contributed by atoms with Crippen LogP contribution in [-0.4, -0.2) is 31.6 Å². The summed E-state index contributed by atoms with van der Waals surface area (Å²) < 4.78 is 5.58. The predicted octanol–water partition coefficient (Wildman–Crippen LogP) is 3.16. The molecule has 6 nitrogen and oxygen atoms in total. The molecule has 2 heterocycles. The number of fused-ring (bicyclic) bond motifs is 1. The van der Waals surface area contributed by atoms with E-state index in [2.05, 4.69) is 50.8 Å². The van der Waals surface area contributed by atoms with E-state index in [1.165, 1.54) is 23.2 Å². The molecule has 7 heteroatoms. The topological polar surface area (TPSA) is 65.7 Å². The SMILES string of the molecule is CN=C(NCc1ccc2c(c1)CCCN2C)NCc1nc(C)c(C)o1.I. The third-order valence-corrected chi connectivity index (χ3v) is 4.66. The first kappa shape index (κ1) is 20.5. The van der Waals surface area contributed by atoms with Gasteiger partial charge in [-0.3, -0.25) is 4.99 Å². The van der Waals surface area contributed by atoms with Crippen molar-refractivity contribution in [1.82, 2.24) is 15.6 Å². The molecule has 0 saturated carbocycles. The average molecular weight is 469 g/mol. The van der Waals surface area contributed by atoms with Gasteiger partial charge in [0.25, 0.3) is 0 Å². The zero-order valence-corrected chi connectivity index (χ0v) is 18.3. The van der Waals surface area contributed by atoms with Crippen LogP contribution in [0, 0.1) is 13.8 Å². The average Bonchev–Trinajstić information content (AvgIpc) is 2.93. The number of hydrogen-bond acceptors (Lipinski definition) is 4. The summed E-state index contributed by atoms with van der Waals surface area (Å²) in [5, 5.41) is 6.59. The fraction of sp³-hybridized carbons (Fsp3) is 0.474. The highest BCUT2D eigenvalue weighted by atomic mass is 127. The van der Waals surface area contributed by atoms with E-state index in [1.807, 2.05) is 13.8 Å². The lowest BCUT2D eigenvalue weighted by Crippen LogP contribution is -2.36. The number of aromatic nitrogens is 1. The first-order valence-electron chi connectivity index (χ1n) is 8.77. The van der Waals surface area contributed by atoms with Crippen molar-refractivity contribution in [2.24, 2.45) is 4.99 Å². The van der Waals surface area contributed by atoms with Crippen LogP contribution in [0.3, 0.4) is 0 Å². The van der Waals surface area contributed by atoms with Gasteiger partial charge in [0, 0.05) is 32.9 Å². The lowest BCUT2D eigenvalue weighted by molar-refractivity contribution is 0.463. The van der Waals surface area contributed by atoms with Gasteiger partial charge in [-0.25, -0.2) is 4.98 Å². The molecule has 0 amide bonds. The quantitative estimate of drug-likeness (QED) is 0.409. The first-order valence-corrected chi connectivity index (χ1v) is 8.77. The van der Waals surface area contributed by atoms with E-state index in [9.17, 15) is 0 Å². The third-order valence-electron chi connectivity index (χ3n) is 4.66. The molecule has 0 unspecified atom stereocenters. The molecule has 0 bridgehead atoms. The molecule has 0 radical (unpaired) electrons. The minimum atomic E-state index is 0. The molecule has 2 N–H and O–H groups in total. The molecule has 26 heavy (non-hydrogen) atoms. The Morgan fingerprint density at radius 1 is 1.27 bits per heavy atom. The summed E-state index contributed by atoms with van der Waals surface area (Å²) in [6.45, 7) is 6.26. The summed E-state index contributed by atoms with van der Waals surface area (Å²) in [5.41, 5.74) is 4.98. The number of guanidine groups is 1. The second kappa shape index (κ2) is 9.25. The van der Waals surface area contributed by atoms with Crippen molar-refractivity contribution in [2.75, 3.05) is 25.5 Å². The van der Waals surface area contributed by atoms with Gasteiger partial charge in [0.05, 0.1) is 12.2 Å². The maximum Gasteiger partial charge on any atom is 0.214 e. The van der Waals surface area contributed by atoms with Crippen LogP contribution in [0.5, 0.6) is 0 Å². The van der Waals surface area contributed by atoms with Gasteiger partial charge in [0.1, 0.15) is 5.76 Å². The number of oxazole rings is 1. The van der Waals surface area contributed by atoms with Crippen LogP contribution in [-0.2, 0) is 19.5 Å². The van der Waals surface area contributed by atoms with Crippen LogP contribution in [0.2, 0.25) is 0 Å². The Morgan fingerprint density at radius 2 is 2.04 bits per heavy atom. The summed E-state index contributed by atoms with van der Waals surface area (Å²) in [6, 6.07) is 6.70. The van der Waals surface area contributed by atoms with Crippen LogP contribution >= 0.6 is 24.0 Å². The monoisotopic (exact) mass is 469 g/mol. The maximum atomic E-state index is 5.58. The number of anilines is 1. The number of benzene rings is 1. The summed E-state index contributed by atoms with van der Waals surface area (Å²) in [5.74, 6) is 2.27. The van der Waals surface area contributed by atoms with E-state index in [0.717, 1.165) is 36.9 Å². The van der Waals surface area contributed by atoms with Crippen molar-refractivity contribution in [1.29, 1.82) is 0 Å². The Bertz CT molecular complexity index is 752. The van der Waals surface area contributed by atoms with Gasteiger partial charge in [-0.15, -0.1) is 24.0 Å². The summed E-state index contributed by atoms with van der Waals surface area (Å²) in [4.78, 5) is 11.0. The molecule has 0 saturated heterocycles. The minimum Gasteiger partial charge on any atom is -0.444 e. The van der Waals surface area contributed by atoms with Crippen LogP contribution in [0.15, 0.2) is 27.6 Å². The molecule has 142 valence electrons. The maximum absolute atomic E-state index is 5.58. The fourth-order valence-electron chi connectivity index (χ4n) is 3.13. The van der Waals surface area contributed by atoms with Gasteiger partial charge < -0.3 is 20.0 Å². The molecule has 0 spiro atoms. The largest absolute Gasteiger partial charge is 0.444 e. The van der Waals surface area contributed by atoms with E-state index in [0.29, 0.717) is 12.4 Å². The number of rotatable bonds is 4. The molecule has 1 aliphatic rings. The second-order valence-electron chi connectivity index (χ2n) is 6.52. The number of aryl methyl sites for hydroxylation is 3. The summed E-state index contributed by atoms with van der Waals surface area (Å²) in [7, 11) is 3.93. The molecular formula is C19H28IN5O. The van der Waals surface area contributed by atoms with Gasteiger partial charge in [-0.1, -0.05) is 12.1 Å². The van der Waals surface area contributed by atoms with Crippen molar-refractivity contribution in [2.45, 2.75) is 39.8 Å². The van der Waals surface area contributed by atoms with Gasteiger partial charge in [-0.2, -0.15) is 0 Å². The van der Waals surface area contributed by atoms with Crippen LogP contribution < -0.4 is 15.5 Å². The highest BCUT2D eigenvalue weighted by Crippen LogP contribution is 2.26. The Balaban J connectivity index is 0.00000243. The van der Waals surface area contributed by atoms with Crippen molar-refractivity contribution < 1.29 is 4.42 Å². The normalized spacial score (nSPS) is 13.8. The highest BCUT2D eigenvalue weighted by Gasteiger charge is 2.13. The van der Waals surface area contributed by atoms with Crippen molar-refractivity contribution in [3.8, 4) is 0 Å². The third kappa shape index (κ3) is 4.90. The molecule has 2 aromatic rings. The Hall–Kier alpha value is -1.77. The van der Waals surface area contributed by atoms with Crippen molar-refractivity contribution >= 4 is 35.6 Å². The van der Waals surface area contributed by atoms with Crippen LogP contribution in [0.4, 0.5) is 5.69 Å². The number of aliphatic imine (C=N–C) groups is 1. The Kier molecular flexibility index (Phi) is 7.31. The number of nitrogens with one attached hydrogen (secondary N) is 2. The van der Waals surface area contributed by atoms with E-state index in [4.69, 9.17) is 4.42 Å². The molecule has 0 atom stereocenters. The molecule has 1 aromatic heterocycles. The zero-order chi connectivity index (χ0) is 17.8. The van der Waals surface area contributed by atoms with Crippen molar-refractivity contribution in [3.63, 3.8) is 0 Å². The van der Waals surface area contributed by atoms with Crippen LogP contribution in [0.1, 0.15) is 34.9 Å². The second-order valence-corrected chi connectivity index (χ2v) is 6.52. The molecule has 1 aromatic carbocycles. The molecule has 0 fully saturated rings. The van der Waals surface area contributed by atoms with Gasteiger partial charge >= 0.3 is 0 Å². The van der Waals surface area contributed by atoms with E-state index < -0.39 is 0 Å². The summed E-state index contributed by atoms with van der Waals surface area (Å²) in [6.07, 6.45) is 2.38. The number of halogens is 1.